The number of aromatic nitrogens is 4. The Hall–Kier alpha value is -1.75. The fourth-order valence-corrected chi connectivity index (χ4v) is 2.18. The highest BCUT2D eigenvalue weighted by Gasteiger charge is 2.20. The van der Waals surface area contributed by atoms with Gasteiger partial charge in [-0.2, -0.15) is 5.10 Å². The first-order valence-electron chi connectivity index (χ1n) is 5.91. The predicted octanol–water partition coefficient (Wildman–Crippen LogP) is 0.861. The summed E-state index contributed by atoms with van der Waals surface area (Å²) in [5, 5.41) is 4.53. The molecule has 3 rings (SSSR count). The summed E-state index contributed by atoms with van der Waals surface area (Å²) < 4.78 is 1.99. The van der Waals surface area contributed by atoms with Gasteiger partial charge >= 0.3 is 0 Å². The highest BCUT2D eigenvalue weighted by molar-refractivity contribution is 5.52. The van der Waals surface area contributed by atoms with Crippen molar-refractivity contribution >= 4 is 0 Å². The molecule has 5 heteroatoms. The molecule has 17 heavy (non-hydrogen) atoms. The van der Waals surface area contributed by atoms with E-state index in [2.05, 4.69) is 15.1 Å². The lowest BCUT2D eigenvalue weighted by molar-refractivity contribution is 0.350. The van der Waals surface area contributed by atoms with Gasteiger partial charge in [-0.3, -0.25) is 4.98 Å². The van der Waals surface area contributed by atoms with Crippen LogP contribution in [0, 0.1) is 5.92 Å². The monoisotopic (exact) mass is 229 g/mol. The molecular weight excluding hydrogens is 214 g/mol. The quantitative estimate of drug-likeness (QED) is 0.829. The Morgan fingerprint density at radius 3 is 3.18 bits per heavy atom. The van der Waals surface area contributed by atoms with Crippen LogP contribution in [0.5, 0.6) is 0 Å². The number of fused-ring (bicyclic) bond motifs is 1. The first kappa shape index (κ1) is 10.4. The van der Waals surface area contributed by atoms with E-state index in [1.807, 2.05) is 16.8 Å². The van der Waals surface area contributed by atoms with Gasteiger partial charge in [0.2, 0.25) is 0 Å². The van der Waals surface area contributed by atoms with E-state index < -0.39 is 0 Å². The molecule has 0 radical (unpaired) electrons. The van der Waals surface area contributed by atoms with Gasteiger partial charge in [0.15, 0.2) is 5.82 Å². The van der Waals surface area contributed by atoms with Crippen LogP contribution >= 0.6 is 0 Å². The number of pyridine rings is 1. The van der Waals surface area contributed by atoms with Crippen LogP contribution in [-0.2, 0) is 13.0 Å². The van der Waals surface area contributed by atoms with Crippen LogP contribution < -0.4 is 5.73 Å². The van der Waals surface area contributed by atoms with Crippen molar-refractivity contribution in [3.05, 3.63) is 30.4 Å². The minimum absolute atomic E-state index is 0.533. The van der Waals surface area contributed by atoms with Crippen molar-refractivity contribution in [1.82, 2.24) is 19.7 Å². The van der Waals surface area contributed by atoms with Crippen molar-refractivity contribution in [2.75, 3.05) is 6.54 Å². The van der Waals surface area contributed by atoms with E-state index in [-0.39, 0.29) is 0 Å². The van der Waals surface area contributed by atoms with Crippen molar-refractivity contribution in [3.8, 4) is 11.4 Å². The van der Waals surface area contributed by atoms with E-state index >= 15 is 0 Å². The Kier molecular flexibility index (Phi) is 2.60. The topological polar surface area (TPSA) is 69.6 Å². The summed E-state index contributed by atoms with van der Waals surface area (Å²) >= 11 is 0. The molecule has 0 aromatic carbocycles. The summed E-state index contributed by atoms with van der Waals surface area (Å²) in [5.74, 6) is 2.37. The molecule has 0 bridgehead atoms. The van der Waals surface area contributed by atoms with Crippen molar-refractivity contribution in [3.63, 3.8) is 0 Å². The lowest BCUT2D eigenvalue weighted by Crippen LogP contribution is -2.27. The Morgan fingerprint density at radius 2 is 2.41 bits per heavy atom. The Balaban J connectivity index is 1.93. The van der Waals surface area contributed by atoms with Crippen LogP contribution in [0.15, 0.2) is 24.5 Å². The average Bonchev–Trinajstić information content (AvgIpc) is 2.82. The number of rotatable bonds is 2. The summed E-state index contributed by atoms with van der Waals surface area (Å²) in [6, 6.07) is 3.88. The smallest absolute Gasteiger partial charge is 0.182 e. The van der Waals surface area contributed by atoms with E-state index in [1.54, 1.807) is 12.4 Å². The molecule has 0 amide bonds. The van der Waals surface area contributed by atoms with Gasteiger partial charge in [-0.05, 0) is 31.0 Å². The number of aryl methyl sites for hydroxylation is 1. The van der Waals surface area contributed by atoms with Gasteiger partial charge in [-0.25, -0.2) is 9.67 Å². The molecule has 1 unspecified atom stereocenters. The lowest BCUT2D eigenvalue weighted by atomic mass is 10.0. The van der Waals surface area contributed by atoms with Gasteiger partial charge in [0, 0.05) is 30.9 Å². The molecule has 0 saturated carbocycles. The molecular formula is C12H15N5. The van der Waals surface area contributed by atoms with E-state index in [4.69, 9.17) is 5.73 Å². The molecule has 1 aliphatic heterocycles. The molecule has 5 nitrogen and oxygen atoms in total. The average molecular weight is 229 g/mol. The maximum atomic E-state index is 5.71. The molecule has 0 fully saturated rings. The van der Waals surface area contributed by atoms with Crippen molar-refractivity contribution < 1.29 is 0 Å². The summed E-state index contributed by atoms with van der Waals surface area (Å²) in [6.45, 7) is 1.61. The Labute approximate surface area is 99.7 Å². The fourth-order valence-electron chi connectivity index (χ4n) is 2.18. The molecule has 2 aromatic rings. The molecule has 1 atom stereocenters. The molecule has 3 heterocycles. The van der Waals surface area contributed by atoms with Crippen LogP contribution in [0.4, 0.5) is 0 Å². The molecule has 88 valence electrons. The predicted molar refractivity (Wildman–Crippen MR) is 64.1 cm³/mol. The van der Waals surface area contributed by atoms with Crippen molar-refractivity contribution in [2.45, 2.75) is 19.4 Å². The molecule has 0 spiro atoms. The van der Waals surface area contributed by atoms with Gasteiger partial charge in [0.05, 0.1) is 0 Å². The molecule has 2 aromatic heterocycles. The third kappa shape index (κ3) is 1.93. The number of nitrogens with zero attached hydrogens (tertiary/aromatic N) is 4. The maximum Gasteiger partial charge on any atom is 0.182 e. The van der Waals surface area contributed by atoms with Crippen molar-refractivity contribution in [1.29, 1.82) is 0 Å². The zero-order valence-corrected chi connectivity index (χ0v) is 9.58. The highest BCUT2D eigenvalue weighted by Crippen LogP contribution is 2.21. The Morgan fingerprint density at radius 1 is 1.47 bits per heavy atom. The molecule has 1 aliphatic rings. The zero-order valence-electron chi connectivity index (χ0n) is 9.58. The summed E-state index contributed by atoms with van der Waals surface area (Å²) in [7, 11) is 0. The SMILES string of the molecule is NCC1CCc2nc(-c3cccnc3)nn2C1. The van der Waals surface area contributed by atoms with Gasteiger partial charge in [-0.15, -0.1) is 0 Å². The van der Waals surface area contributed by atoms with Gasteiger partial charge in [0.25, 0.3) is 0 Å². The maximum absolute atomic E-state index is 5.71. The van der Waals surface area contributed by atoms with E-state index in [0.717, 1.165) is 43.1 Å². The molecule has 0 saturated heterocycles. The third-order valence-corrected chi connectivity index (χ3v) is 3.21. The number of hydrogen-bond donors (Lipinski definition) is 1. The summed E-state index contributed by atoms with van der Waals surface area (Å²) in [6.07, 6.45) is 5.63. The third-order valence-electron chi connectivity index (χ3n) is 3.21. The van der Waals surface area contributed by atoms with Crippen LogP contribution in [-0.4, -0.2) is 26.3 Å². The minimum atomic E-state index is 0.533. The standard InChI is InChI=1S/C12H15N5/c13-6-9-3-4-11-15-12(16-17(11)8-9)10-2-1-5-14-7-10/h1-2,5,7,9H,3-4,6,8,13H2. The van der Waals surface area contributed by atoms with Crippen LogP contribution in [0.3, 0.4) is 0 Å². The van der Waals surface area contributed by atoms with E-state index in [1.165, 1.54) is 0 Å². The fraction of sp³-hybridized carbons (Fsp3) is 0.417. The minimum Gasteiger partial charge on any atom is -0.330 e. The molecule has 2 N–H and O–H groups in total. The van der Waals surface area contributed by atoms with E-state index in [9.17, 15) is 0 Å². The van der Waals surface area contributed by atoms with Gasteiger partial charge < -0.3 is 5.73 Å². The molecule has 0 aliphatic carbocycles. The first-order chi connectivity index (χ1) is 8.36. The second-order valence-corrected chi connectivity index (χ2v) is 4.42. The Bertz CT molecular complexity index is 505. The lowest BCUT2D eigenvalue weighted by Gasteiger charge is -2.20. The zero-order chi connectivity index (χ0) is 11.7. The van der Waals surface area contributed by atoms with Crippen LogP contribution in [0.25, 0.3) is 11.4 Å². The summed E-state index contributed by atoms with van der Waals surface area (Å²) in [5.41, 5.74) is 6.68. The number of hydrogen-bond acceptors (Lipinski definition) is 4. The largest absolute Gasteiger partial charge is 0.330 e. The van der Waals surface area contributed by atoms with Crippen LogP contribution in [0.2, 0.25) is 0 Å². The highest BCUT2D eigenvalue weighted by atomic mass is 15.4. The van der Waals surface area contributed by atoms with Gasteiger partial charge in [-0.1, -0.05) is 0 Å². The van der Waals surface area contributed by atoms with E-state index in [0.29, 0.717) is 5.92 Å². The first-order valence-corrected chi connectivity index (χ1v) is 5.91. The number of nitrogens with two attached hydrogens (primary N) is 1. The second kappa shape index (κ2) is 4.25. The summed E-state index contributed by atoms with van der Waals surface area (Å²) in [4.78, 5) is 8.65. The normalized spacial score (nSPS) is 19.0. The van der Waals surface area contributed by atoms with Gasteiger partial charge in [0.1, 0.15) is 5.82 Å². The van der Waals surface area contributed by atoms with Crippen LogP contribution in [0.1, 0.15) is 12.2 Å². The van der Waals surface area contributed by atoms with Crippen molar-refractivity contribution in [2.24, 2.45) is 11.7 Å². The second-order valence-electron chi connectivity index (χ2n) is 4.42.